The van der Waals surface area contributed by atoms with E-state index < -0.39 is 0 Å². The highest BCUT2D eigenvalue weighted by molar-refractivity contribution is 6.42. The summed E-state index contributed by atoms with van der Waals surface area (Å²) in [6, 6.07) is 16.2. The molecule has 2 aromatic rings. The van der Waals surface area contributed by atoms with Crippen LogP contribution in [0.3, 0.4) is 0 Å². The van der Waals surface area contributed by atoms with Gasteiger partial charge in [0.2, 0.25) is 5.91 Å². The van der Waals surface area contributed by atoms with Crippen LogP contribution < -0.4 is 0 Å². The summed E-state index contributed by atoms with van der Waals surface area (Å²) >= 11 is 12.3. The van der Waals surface area contributed by atoms with Crippen molar-refractivity contribution in [3.63, 3.8) is 0 Å². The number of hydrogen-bond donors (Lipinski definition) is 0. The minimum absolute atomic E-state index is 0.0948. The molecule has 2 saturated heterocycles. The molecule has 0 saturated carbocycles. The Labute approximate surface area is 177 Å². The maximum absolute atomic E-state index is 13.5. The zero-order valence-electron chi connectivity index (χ0n) is 16.0. The second-order valence-electron chi connectivity index (χ2n) is 7.83. The van der Waals surface area contributed by atoms with Gasteiger partial charge in [-0.25, -0.2) is 0 Å². The third kappa shape index (κ3) is 4.22. The van der Waals surface area contributed by atoms with Crippen LogP contribution in [-0.2, 0) is 4.79 Å². The van der Waals surface area contributed by atoms with Gasteiger partial charge < -0.3 is 9.80 Å². The van der Waals surface area contributed by atoms with Crippen LogP contribution in [0.4, 0.5) is 0 Å². The van der Waals surface area contributed by atoms with E-state index >= 15 is 0 Å². The molecule has 2 heterocycles. The Morgan fingerprint density at radius 1 is 0.929 bits per heavy atom. The van der Waals surface area contributed by atoms with Crippen LogP contribution in [0.2, 0.25) is 10.0 Å². The van der Waals surface area contributed by atoms with Crippen molar-refractivity contribution < 1.29 is 4.79 Å². The van der Waals surface area contributed by atoms with E-state index in [0.29, 0.717) is 10.0 Å². The molecule has 0 aromatic heterocycles. The zero-order chi connectivity index (χ0) is 19.5. The number of likely N-dealkylation sites (tertiary alicyclic amines) is 2. The van der Waals surface area contributed by atoms with Gasteiger partial charge in [-0.05, 0) is 62.0 Å². The Hall–Kier alpha value is -1.55. The summed E-state index contributed by atoms with van der Waals surface area (Å²) in [6.07, 6.45) is 4.36. The molecule has 5 heteroatoms. The molecular weight excluding hydrogens is 391 g/mol. The molecule has 2 aliphatic heterocycles. The Kier molecular flexibility index (Phi) is 6.25. The molecule has 2 aromatic carbocycles. The summed E-state index contributed by atoms with van der Waals surface area (Å²) in [5.74, 6) is 0.0611. The van der Waals surface area contributed by atoms with Gasteiger partial charge in [0.05, 0.1) is 22.0 Å². The van der Waals surface area contributed by atoms with Crippen molar-refractivity contribution in [1.29, 1.82) is 0 Å². The minimum atomic E-state index is -0.145. The summed E-state index contributed by atoms with van der Waals surface area (Å²) in [7, 11) is 0. The summed E-state index contributed by atoms with van der Waals surface area (Å²) in [5, 5.41) is 1.04. The number of piperidine rings is 1. The van der Waals surface area contributed by atoms with Gasteiger partial charge in [0.25, 0.3) is 0 Å². The van der Waals surface area contributed by atoms with E-state index in [1.807, 2.05) is 18.2 Å². The number of hydrogen-bond acceptors (Lipinski definition) is 2. The fourth-order valence-electron chi connectivity index (χ4n) is 4.52. The molecule has 4 rings (SSSR count). The Morgan fingerprint density at radius 3 is 2.39 bits per heavy atom. The van der Waals surface area contributed by atoms with Crippen molar-refractivity contribution in [3.05, 3.63) is 69.7 Å². The van der Waals surface area contributed by atoms with Crippen LogP contribution in [0, 0.1) is 0 Å². The molecule has 1 unspecified atom stereocenters. The SMILES string of the molecule is O=C1C(c2ccc(Cl)c(Cl)c2)CCCN1[C@H](CN1CCCC1)c1ccccc1. The highest BCUT2D eigenvalue weighted by Crippen LogP contribution is 2.36. The lowest BCUT2D eigenvalue weighted by Gasteiger charge is -2.40. The number of carbonyl (C=O) groups is 1. The first-order valence-electron chi connectivity index (χ1n) is 10.2. The van der Waals surface area contributed by atoms with E-state index in [1.165, 1.54) is 18.4 Å². The third-order valence-electron chi connectivity index (χ3n) is 6.01. The number of amides is 1. The standard InChI is InChI=1S/C23H26Cl2N2O/c24-20-11-10-18(15-21(20)25)19-9-6-14-27(23(19)28)22(16-26-12-4-5-13-26)17-7-2-1-3-8-17/h1-3,7-8,10-11,15,19,22H,4-6,9,12-14,16H2/t19?,22-/m1/s1. The molecule has 2 atom stereocenters. The summed E-state index contributed by atoms with van der Waals surface area (Å²) < 4.78 is 0. The minimum Gasteiger partial charge on any atom is -0.334 e. The van der Waals surface area contributed by atoms with Crippen LogP contribution in [-0.4, -0.2) is 41.9 Å². The summed E-state index contributed by atoms with van der Waals surface area (Å²) in [4.78, 5) is 18.1. The van der Waals surface area contributed by atoms with Crippen LogP contribution in [0.5, 0.6) is 0 Å². The van der Waals surface area contributed by atoms with E-state index in [1.54, 1.807) is 6.07 Å². The quantitative estimate of drug-likeness (QED) is 0.638. The van der Waals surface area contributed by atoms with Gasteiger partial charge >= 0.3 is 0 Å². The van der Waals surface area contributed by atoms with Crippen molar-refractivity contribution >= 4 is 29.1 Å². The number of halogens is 2. The predicted octanol–water partition coefficient (Wildman–Crippen LogP) is 5.54. The van der Waals surface area contributed by atoms with Gasteiger partial charge in [0, 0.05) is 13.1 Å². The van der Waals surface area contributed by atoms with Gasteiger partial charge in [-0.3, -0.25) is 4.79 Å². The number of benzene rings is 2. The largest absolute Gasteiger partial charge is 0.334 e. The van der Waals surface area contributed by atoms with E-state index in [0.717, 1.165) is 44.6 Å². The normalized spacial score (nSPS) is 21.9. The van der Waals surface area contributed by atoms with E-state index in [2.05, 4.69) is 34.1 Å². The molecule has 2 fully saturated rings. The van der Waals surface area contributed by atoms with Crippen molar-refractivity contribution in [3.8, 4) is 0 Å². The van der Waals surface area contributed by atoms with Crippen molar-refractivity contribution in [1.82, 2.24) is 9.80 Å². The van der Waals surface area contributed by atoms with Crippen LogP contribution in [0.1, 0.15) is 48.8 Å². The second-order valence-corrected chi connectivity index (χ2v) is 8.65. The number of rotatable bonds is 5. The fourth-order valence-corrected chi connectivity index (χ4v) is 4.82. The maximum atomic E-state index is 13.5. The van der Waals surface area contributed by atoms with Crippen molar-refractivity contribution in [2.45, 2.75) is 37.6 Å². The van der Waals surface area contributed by atoms with Gasteiger partial charge in [-0.1, -0.05) is 59.6 Å². The van der Waals surface area contributed by atoms with Gasteiger partial charge in [-0.15, -0.1) is 0 Å². The predicted molar refractivity (Wildman–Crippen MR) is 115 cm³/mol. The highest BCUT2D eigenvalue weighted by Gasteiger charge is 2.35. The van der Waals surface area contributed by atoms with Crippen LogP contribution in [0.15, 0.2) is 48.5 Å². The van der Waals surface area contributed by atoms with E-state index in [-0.39, 0.29) is 17.9 Å². The zero-order valence-corrected chi connectivity index (χ0v) is 17.5. The topological polar surface area (TPSA) is 23.6 Å². The first-order chi connectivity index (χ1) is 13.6. The lowest BCUT2D eigenvalue weighted by molar-refractivity contribution is -0.138. The van der Waals surface area contributed by atoms with Crippen molar-refractivity contribution in [2.75, 3.05) is 26.2 Å². The summed E-state index contributed by atoms with van der Waals surface area (Å²) in [5.41, 5.74) is 2.19. The first-order valence-corrected chi connectivity index (χ1v) is 10.9. The lowest BCUT2D eigenvalue weighted by atomic mass is 9.88. The average molecular weight is 417 g/mol. The lowest BCUT2D eigenvalue weighted by Crippen LogP contribution is -2.46. The Morgan fingerprint density at radius 2 is 1.68 bits per heavy atom. The molecule has 0 aliphatic carbocycles. The van der Waals surface area contributed by atoms with Crippen LogP contribution in [0.25, 0.3) is 0 Å². The van der Waals surface area contributed by atoms with Gasteiger partial charge in [0.1, 0.15) is 0 Å². The monoisotopic (exact) mass is 416 g/mol. The maximum Gasteiger partial charge on any atom is 0.230 e. The van der Waals surface area contributed by atoms with Crippen LogP contribution >= 0.6 is 23.2 Å². The molecule has 3 nitrogen and oxygen atoms in total. The molecule has 0 N–H and O–H groups in total. The fraction of sp³-hybridized carbons (Fsp3) is 0.435. The van der Waals surface area contributed by atoms with Crippen molar-refractivity contribution in [2.24, 2.45) is 0 Å². The third-order valence-corrected chi connectivity index (χ3v) is 6.75. The van der Waals surface area contributed by atoms with Gasteiger partial charge in [0.15, 0.2) is 0 Å². The molecular formula is C23H26Cl2N2O. The molecule has 0 bridgehead atoms. The number of nitrogens with zero attached hydrogens (tertiary/aromatic N) is 2. The number of carbonyl (C=O) groups excluding carboxylic acids is 1. The molecule has 1 amide bonds. The van der Waals surface area contributed by atoms with E-state index in [4.69, 9.17) is 23.2 Å². The molecule has 28 heavy (non-hydrogen) atoms. The Bertz CT molecular complexity index is 821. The van der Waals surface area contributed by atoms with E-state index in [9.17, 15) is 4.79 Å². The highest BCUT2D eigenvalue weighted by atomic mass is 35.5. The second kappa shape index (κ2) is 8.86. The van der Waals surface area contributed by atoms with Gasteiger partial charge in [-0.2, -0.15) is 0 Å². The Balaban J connectivity index is 1.61. The molecule has 148 valence electrons. The molecule has 0 spiro atoms. The smallest absolute Gasteiger partial charge is 0.230 e. The molecule has 0 radical (unpaired) electrons. The first kappa shape index (κ1) is 19.8. The molecule has 2 aliphatic rings. The summed E-state index contributed by atoms with van der Waals surface area (Å²) in [6.45, 7) is 3.97. The average Bonchev–Trinajstić information content (AvgIpc) is 3.23.